The third-order valence-corrected chi connectivity index (χ3v) is 4.23. The van der Waals surface area contributed by atoms with Gasteiger partial charge in [-0.05, 0) is 26.8 Å². The second-order valence-electron chi connectivity index (χ2n) is 5.65. The van der Waals surface area contributed by atoms with Crippen molar-refractivity contribution in [1.82, 2.24) is 5.32 Å². The van der Waals surface area contributed by atoms with E-state index in [9.17, 15) is 18.0 Å². The van der Waals surface area contributed by atoms with Crippen LogP contribution in [0.15, 0.2) is 12.1 Å². The standard InChI is InChI=1S/C18H27NO8S/c1-4-25-15-12-17(27-6-3)16(26-5-2)11-13(15)14(20)7-8-18(21)19-9-10-28(22,23)24/h11-12H,4-10H2,1-3H3,(H,19,21)(H,22,23,24). The highest BCUT2D eigenvalue weighted by atomic mass is 32.2. The van der Waals surface area contributed by atoms with E-state index in [4.69, 9.17) is 18.8 Å². The molecule has 158 valence electrons. The number of carbonyl (C=O) groups excluding carboxylic acids is 2. The lowest BCUT2D eigenvalue weighted by atomic mass is 10.0. The number of ether oxygens (including phenoxy) is 3. The molecule has 0 atom stereocenters. The minimum atomic E-state index is -4.15. The van der Waals surface area contributed by atoms with Crippen LogP contribution >= 0.6 is 0 Å². The van der Waals surface area contributed by atoms with Crippen LogP contribution in [0, 0.1) is 0 Å². The Morgan fingerprint density at radius 2 is 1.46 bits per heavy atom. The normalized spacial score (nSPS) is 11.0. The first-order chi connectivity index (χ1) is 13.2. The third kappa shape index (κ3) is 8.13. The maximum absolute atomic E-state index is 12.6. The highest BCUT2D eigenvalue weighted by molar-refractivity contribution is 7.85. The van der Waals surface area contributed by atoms with Gasteiger partial charge in [-0.25, -0.2) is 0 Å². The summed E-state index contributed by atoms with van der Waals surface area (Å²) in [5, 5.41) is 2.34. The second-order valence-corrected chi connectivity index (χ2v) is 7.23. The molecular formula is C18H27NO8S. The van der Waals surface area contributed by atoms with Crippen LogP contribution in [0.5, 0.6) is 17.2 Å². The molecule has 0 aliphatic rings. The lowest BCUT2D eigenvalue weighted by molar-refractivity contribution is -0.120. The molecule has 0 radical (unpaired) electrons. The average molecular weight is 417 g/mol. The minimum Gasteiger partial charge on any atom is -0.493 e. The molecule has 1 rings (SSSR count). The summed E-state index contributed by atoms with van der Waals surface area (Å²) < 4.78 is 46.5. The molecule has 0 fully saturated rings. The van der Waals surface area contributed by atoms with Gasteiger partial charge in [0.2, 0.25) is 5.91 Å². The predicted octanol–water partition coefficient (Wildman–Crippen LogP) is 1.85. The molecule has 10 heteroatoms. The van der Waals surface area contributed by atoms with Gasteiger partial charge >= 0.3 is 0 Å². The zero-order valence-electron chi connectivity index (χ0n) is 16.3. The van der Waals surface area contributed by atoms with Crippen molar-refractivity contribution in [3.8, 4) is 17.2 Å². The maximum Gasteiger partial charge on any atom is 0.266 e. The van der Waals surface area contributed by atoms with Crippen molar-refractivity contribution in [3.05, 3.63) is 17.7 Å². The Morgan fingerprint density at radius 1 is 0.929 bits per heavy atom. The minimum absolute atomic E-state index is 0.0999. The van der Waals surface area contributed by atoms with Gasteiger partial charge in [0.25, 0.3) is 10.1 Å². The van der Waals surface area contributed by atoms with Gasteiger partial charge in [0.05, 0.1) is 31.1 Å². The van der Waals surface area contributed by atoms with Crippen LogP contribution < -0.4 is 19.5 Å². The molecule has 0 saturated heterocycles. The number of rotatable bonds is 13. The van der Waals surface area contributed by atoms with E-state index >= 15 is 0 Å². The van der Waals surface area contributed by atoms with Crippen molar-refractivity contribution in [3.63, 3.8) is 0 Å². The summed E-state index contributed by atoms with van der Waals surface area (Å²) in [4.78, 5) is 24.4. The maximum atomic E-state index is 12.6. The Balaban J connectivity index is 2.86. The molecule has 0 saturated carbocycles. The van der Waals surface area contributed by atoms with E-state index in [2.05, 4.69) is 5.32 Å². The van der Waals surface area contributed by atoms with Gasteiger partial charge < -0.3 is 19.5 Å². The highest BCUT2D eigenvalue weighted by Crippen LogP contribution is 2.36. The monoisotopic (exact) mass is 417 g/mol. The molecule has 0 aromatic heterocycles. The van der Waals surface area contributed by atoms with Crippen LogP contribution in [0.4, 0.5) is 0 Å². The number of hydrogen-bond donors (Lipinski definition) is 2. The van der Waals surface area contributed by atoms with E-state index < -0.39 is 21.8 Å². The van der Waals surface area contributed by atoms with Gasteiger partial charge in [-0.15, -0.1) is 0 Å². The van der Waals surface area contributed by atoms with Crippen molar-refractivity contribution in [2.75, 3.05) is 32.1 Å². The summed E-state index contributed by atoms with van der Waals surface area (Å²) in [5.74, 6) is -0.187. The molecule has 0 spiro atoms. The number of amides is 1. The summed E-state index contributed by atoms with van der Waals surface area (Å²) in [6, 6.07) is 3.13. The van der Waals surface area contributed by atoms with E-state index in [-0.39, 0.29) is 30.7 Å². The van der Waals surface area contributed by atoms with Crippen molar-refractivity contribution in [2.24, 2.45) is 0 Å². The fourth-order valence-corrected chi connectivity index (χ4v) is 2.70. The van der Waals surface area contributed by atoms with E-state index in [1.165, 1.54) is 6.07 Å². The predicted molar refractivity (Wildman–Crippen MR) is 103 cm³/mol. The molecule has 28 heavy (non-hydrogen) atoms. The van der Waals surface area contributed by atoms with Crippen LogP contribution in [0.3, 0.4) is 0 Å². The Hall–Kier alpha value is -2.33. The van der Waals surface area contributed by atoms with Gasteiger partial charge in [0.1, 0.15) is 5.75 Å². The Morgan fingerprint density at radius 3 is 2.00 bits per heavy atom. The molecule has 9 nitrogen and oxygen atoms in total. The Labute approximate surface area is 165 Å². The molecule has 0 unspecified atom stereocenters. The number of Topliss-reactive ketones (excluding diaryl/α,β-unsaturated/α-hetero) is 1. The SMILES string of the molecule is CCOc1cc(OCC)c(C(=O)CCC(=O)NCCS(=O)(=O)O)cc1OCC. The molecular weight excluding hydrogens is 390 g/mol. The lowest BCUT2D eigenvalue weighted by Gasteiger charge is -2.16. The number of benzene rings is 1. The Bertz CT molecular complexity index is 776. The van der Waals surface area contributed by atoms with Gasteiger partial charge in [-0.1, -0.05) is 0 Å². The molecule has 1 amide bonds. The first-order valence-electron chi connectivity index (χ1n) is 9.03. The number of nitrogens with one attached hydrogen (secondary N) is 1. The van der Waals surface area contributed by atoms with Gasteiger partial charge in [-0.3, -0.25) is 14.1 Å². The smallest absolute Gasteiger partial charge is 0.266 e. The first-order valence-corrected chi connectivity index (χ1v) is 10.6. The van der Waals surface area contributed by atoms with Gasteiger partial charge in [0.15, 0.2) is 17.3 Å². The van der Waals surface area contributed by atoms with Gasteiger partial charge in [-0.2, -0.15) is 8.42 Å². The van der Waals surface area contributed by atoms with Gasteiger partial charge in [0, 0.05) is 25.5 Å². The second kappa shape index (κ2) is 11.5. The summed E-state index contributed by atoms with van der Waals surface area (Å²) in [7, 11) is -4.15. The molecule has 1 aromatic carbocycles. The van der Waals surface area contributed by atoms with Crippen molar-refractivity contribution < 1.29 is 36.8 Å². The summed E-state index contributed by atoms with van der Waals surface area (Å²) >= 11 is 0. The topological polar surface area (TPSA) is 128 Å². The molecule has 2 N–H and O–H groups in total. The van der Waals surface area contributed by atoms with Crippen LogP contribution in [0.25, 0.3) is 0 Å². The van der Waals surface area contributed by atoms with E-state index in [0.29, 0.717) is 37.1 Å². The zero-order chi connectivity index (χ0) is 21.2. The summed E-state index contributed by atoms with van der Waals surface area (Å²) in [6.45, 7) is 6.35. The summed E-state index contributed by atoms with van der Waals surface area (Å²) in [5.41, 5.74) is 0.277. The lowest BCUT2D eigenvalue weighted by Crippen LogP contribution is -2.29. The number of ketones is 1. The Kier molecular flexibility index (Phi) is 9.74. The van der Waals surface area contributed by atoms with E-state index in [0.717, 1.165) is 0 Å². The number of carbonyl (C=O) groups is 2. The average Bonchev–Trinajstić information content (AvgIpc) is 2.61. The fraction of sp³-hybridized carbons (Fsp3) is 0.556. The molecule has 0 aliphatic carbocycles. The van der Waals surface area contributed by atoms with E-state index in [1.54, 1.807) is 13.0 Å². The molecule has 0 heterocycles. The zero-order valence-corrected chi connectivity index (χ0v) is 17.1. The fourth-order valence-electron chi connectivity index (χ4n) is 2.34. The first kappa shape index (κ1) is 23.7. The van der Waals surface area contributed by atoms with Crippen LogP contribution in [-0.2, 0) is 14.9 Å². The number of hydrogen-bond acceptors (Lipinski definition) is 7. The molecule has 0 bridgehead atoms. The van der Waals surface area contributed by atoms with Crippen LogP contribution in [-0.4, -0.2) is 56.8 Å². The third-order valence-electron chi connectivity index (χ3n) is 3.51. The quantitative estimate of drug-likeness (QED) is 0.368. The largest absolute Gasteiger partial charge is 0.493 e. The van der Waals surface area contributed by atoms with Crippen LogP contribution in [0.2, 0.25) is 0 Å². The highest BCUT2D eigenvalue weighted by Gasteiger charge is 2.19. The van der Waals surface area contributed by atoms with Crippen LogP contribution in [0.1, 0.15) is 44.0 Å². The van der Waals surface area contributed by atoms with Crippen molar-refractivity contribution in [2.45, 2.75) is 33.6 Å². The molecule has 0 aliphatic heterocycles. The molecule has 1 aromatic rings. The van der Waals surface area contributed by atoms with Crippen molar-refractivity contribution >= 4 is 21.8 Å². The van der Waals surface area contributed by atoms with Crippen molar-refractivity contribution in [1.29, 1.82) is 0 Å². The van der Waals surface area contributed by atoms with E-state index in [1.807, 2.05) is 13.8 Å². The summed E-state index contributed by atoms with van der Waals surface area (Å²) in [6.07, 6.45) is -0.232.